The molecule has 100 valence electrons. The number of carbonyl (C=O) groups is 1. The fourth-order valence-electron chi connectivity index (χ4n) is 3.12. The van der Waals surface area contributed by atoms with Gasteiger partial charge >= 0.3 is 5.97 Å². The number of fused-ring (bicyclic) bond motifs is 2. The molecule has 0 N–H and O–H groups in total. The van der Waals surface area contributed by atoms with Crippen LogP contribution in [0.3, 0.4) is 0 Å². The van der Waals surface area contributed by atoms with Gasteiger partial charge in [-0.05, 0) is 23.6 Å². The Kier molecular flexibility index (Phi) is 2.60. The van der Waals surface area contributed by atoms with Gasteiger partial charge in [0.25, 0.3) is 0 Å². The van der Waals surface area contributed by atoms with Crippen molar-refractivity contribution >= 4 is 5.97 Å². The molecule has 0 aromatic heterocycles. The van der Waals surface area contributed by atoms with Gasteiger partial charge in [-0.15, -0.1) is 0 Å². The Morgan fingerprint density at radius 2 is 1.75 bits per heavy atom. The summed E-state index contributed by atoms with van der Waals surface area (Å²) in [6.07, 6.45) is 0.777. The molecule has 2 aliphatic rings. The lowest BCUT2D eigenvalue weighted by molar-refractivity contribution is -0.0291. The standard InChI is InChI=1S/C17H15NO2/c19-17-15-8-4-3-7-14(15)16(20-17)18-10-9-12-5-1-2-6-13(12)11-18/h1-8,16H,9-11H2/t16-/m1/s1. The van der Waals surface area contributed by atoms with Crippen LogP contribution in [0, 0.1) is 0 Å². The molecule has 3 nitrogen and oxygen atoms in total. The summed E-state index contributed by atoms with van der Waals surface area (Å²) in [4.78, 5) is 14.2. The Labute approximate surface area is 117 Å². The molecule has 0 fully saturated rings. The van der Waals surface area contributed by atoms with Crippen LogP contribution >= 0.6 is 0 Å². The minimum absolute atomic E-state index is 0.204. The Morgan fingerprint density at radius 1 is 1.00 bits per heavy atom. The van der Waals surface area contributed by atoms with Crippen LogP contribution in [-0.4, -0.2) is 17.4 Å². The van der Waals surface area contributed by atoms with E-state index in [9.17, 15) is 4.79 Å². The first kappa shape index (κ1) is 11.7. The number of benzene rings is 2. The number of ether oxygens (including phenoxy) is 1. The number of esters is 1. The van der Waals surface area contributed by atoms with E-state index in [2.05, 4.69) is 29.2 Å². The molecule has 0 radical (unpaired) electrons. The molecular weight excluding hydrogens is 250 g/mol. The first-order valence-electron chi connectivity index (χ1n) is 6.94. The maximum absolute atomic E-state index is 11.9. The zero-order valence-corrected chi connectivity index (χ0v) is 11.1. The highest BCUT2D eigenvalue weighted by Crippen LogP contribution is 2.35. The predicted molar refractivity (Wildman–Crippen MR) is 75.2 cm³/mol. The van der Waals surface area contributed by atoms with E-state index in [-0.39, 0.29) is 12.2 Å². The summed E-state index contributed by atoms with van der Waals surface area (Å²) in [6, 6.07) is 16.2. The van der Waals surface area contributed by atoms with Crippen molar-refractivity contribution in [1.29, 1.82) is 0 Å². The number of nitrogens with zero attached hydrogens (tertiary/aromatic N) is 1. The molecule has 20 heavy (non-hydrogen) atoms. The predicted octanol–water partition coefficient (Wildman–Crippen LogP) is 2.91. The van der Waals surface area contributed by atoms with Crippen molar-refractivity contribution in [3.8, 4) is 0 Å². The van der Waals surface area contributed by atoms with Crippen molar-refractivity contribution in [2.24, 2.45) is 0 Å². The van der Waals surface area contributed by atoms with Gasteiger partial charge in [0.2, 0.25) is 0 Å². The van der Waals surface area contributed by atoms with E-state index in [1.165, 1.54) is 11.1 Å². The first-order valence-corrected chi connectivity index (χ1v) is 6.94. The second-order valence-electron chi connectivity index (χ2n) is 5.33. The van der Waals surface area contributed by atoms with Crippen LogP contribution in [0.15, 0.2) is 48.5 Å². The van der Waals surface area contributed by atoms with Crippen molar-refractivity contribution in [2.45, 2.75) is 19.2 Å². The monoisotopic (exact) mass is 265 g/mol. The fourth-order valence-corrected chi connectivity index (χ4v) is 3.12. The summed E-state index contributed by atoms with van der Waals surface area (Å²) in [7, 11) is 0. The lowest BCUT2D eigenvalue weighted by Crippen LogP contribution is -2.34. The Morgan fingerprint density at radius 3 is 2.65 bits per heavy atom. The maximum Gasteiger partial charge on any atom is 0.340 e. The van der Waals surface area contributed by atoms with Crippen molar-refractivity contribution in [1.82, 2.24) is 4.90 Å². The number of hydrogen-bond donors (Lipinski definition) is 0. The number of carbonyl (C=O) groups excluding carboxylic acids is 1. The second-order valence-corrected chi connectivity index (χ2v) is 5.33. The van der Waals surface area contributed by atoms with E-state index >= 15 is 0 Å². The molecule has 2 aromatic carbocycles. The summed E-state index contributed by atoms with van der Waals surface area (Å²) in [5.41, 5.74) is 4.44. The highest BCUT2D eigenvalue weighted by atomic mass is 16.6. The first-order chi connectivity index (χ1) is 9.83. The summed E-state index contributed by atoms with van der Waals surface area (Å²) in [6.45, 7) is 1.76. The second kappa shape index (κ2) is 4.46. The van der Waals surface area contributed by atoms with Crippen LogP contribution in [0.5, 0.6) is 0 Å². The van der Waals surface area contributed by atoms with Gasteiger partial charge in [0, 0.05) is 18.7 Å². The van der Waals surface area contributed by atoms with Crippen LogP contribution < -0.4 is 0 Å². The van der Waals surface area contributed by atoms with Gasteiger partial charge in [0.15, 0.2) is 6.23 Å². The summed E-state index contributed by atoms with van der Waals surface area (Å²) in [5, 5.41) is 0. The molecule has 4 rings (SSSR count). The highest BCUT2D eigenvalue weighted by molar-refractivity contribution is 5.93. The topological polar surface area (TPSA) is 29.5 Å². The van der Waals surface area contributed by atoms with Gasteiger partial charge in [0.05, 0.1) is 5.56 Å². The van der Waals surface area contributed by atoms with Crippen molar-refractivity contribution in [2.75, 3.05) is 6.54 Å². The smallest absolute Gasteiger partial charge is 0.340 e. The molecule has 0 saturated heterocycles. The van der Waals surface area contributed by atoms with Crippen LogP contribution in [0.2, 0.25) is 0 Å². The van der Waals surface area contributed by atoms with Crippen LogP contribution in [0.1, 0.15) is 33.3 Å². The molecule has 0 unspecified atom stereocenters. The van der Waals surface area contributed by atoms with E-state index in [0.29, 0.717) is 5.56 Å². The summed E-state index contributed by atoms with van der Waals surface area (Å²) in [5.74, 6) is -0.204. The third-order valence-electron chi connectivity index (χ3n) is 4.16. The molecule has 1 atom stereocenters. The number of cyclic esters (lactones) is 1. The normalized spacial score (nSPS) is 21.2. The number of hydrogen-bond acceptors (Lipinski definition) is 3. The molecule has 2 aliphatic heterocycles. The Hall–Kier alpha value is -2.13. The minimum Gasteiger partial charge on any atom is -0.438 e. The van der Waals surface area contributed by atoms with Crippen molar-refractivity contribution < 1.29 is 9.53 Å². The molecule has 3 heteroatoms. The van der Waals surface area contributed by atoms with Gasteiger partial charge in [0.1, 0.15) is 0 Å². The Bertz CT molecular complexity index is 680. The van der Waals surface area contributed by atoms with Crippen LogP contribution in [0.25, 0.3) is 0 Å². The van der Waals surface area contributed by atoms with Gasteiger partial charge in [-0.3, -0.25) is 4.90 Å². The van der Waals surface area contributed by atoms with Gasteiger partial charge in [-0.25, -0.2) is 4.79 Å². The molecule has 0 spiro atoms. The van der Waals surface area contributed by atoms with Gasteiger partial charge in [-0.1, -0.05) is 42.5 Å². The quantitative estimate of drug-likeness (QED) is 0.742. The molecule has 0 bridgehead atoms. The van der Waals surface area contributed by atoms with Gasteiger partial charge < -0.3 is 4.74 Å². The zero-order valence-electron chi connectivity index (χ0n) is 11.1. The maximum atomic E-state index is 11.9. The zero-order chi connectivity index (χ0) is 13.5. The summed E-state index contributed by atoms with van der Waals surface area (Å²) < 4.78 is 5.57. The van der Waals surface area contributed by atoms with Crippen LogP contribution in [-0.2, 0) is 17.7 Å². The average Bonchev–Trinajstić information content (AvgIpc) is 2.85. The third kappa shape index (κ3) is 1.74. The minimum atomic E-state index is -0.230. The third-order valence-corrected chi connectivity index (χ3v) is 4.16. The molecule has 2 aromatic rings. The van der Waals surface area contributed by atoms with Gasteiger partial charge in [-0.2, -0.15) is 0 Å². The molecule has 0 aliphatic carbocycles. The van der Waals surface area contributed by atoms with E-state index in [1.807, 2.05) is 24.3 Å². The van der Waals surface area contributed by atoms with Crippen molar-refractivity contribution in [3.05, 3.63) is 70.8 Å². The lowest BCUT2D eigenvalue weighted by atomic mass is 9.98. The molecular formula is C17H15NO2. The SMILES string of the molecule is O=C1O[C@@H](N2CCc3ccccc3C2)c2ccccc21. The molecule has 0 saturated carbocycles. The highest BCUT2D eigenvalue weighted by Gasteiger charge is 2.35. The van der Waals surface area contributed by atoms with E-state index in [0.717, 1.165) is 25.1 Å². The van der Waals surface area contributed by atoms with E-state index in [4.69, 9.17) is 4.74 Å². The van der Waals surface area contributed by atoms with E-state index < -0.39 is 0 Å². The average molecular weight is 265 g/mol. The number of rotatable bonds is 1. The van der Waals surface area contributed by atoms with Crippen molar-refractivity contribution in [3.63, 3.8) is 0 Å². The molecule has 0 amide bonds. The largest absolute Gasteiger partial charge is 0.438 e. The van der Waals surface area contributed by atoms with E-state index in [1.54, 1.807) is 0 Å². The Balaban J connectivity index is 1.66. The summed E-state index contributed by atoms with van der Waals surface area (Å²) >= 11 is 0. The lowest BCUT2D eigenvalue weighted by Gasteiger charge is -2.32. The molecule has 2 heterocycles. The fraction of sp³-hybridized carbons (Fsp3) is 0.235. The van der Waals surface area contributed by atoms with Crippen LogP contribution in [0.4, 0.5) is 0 Å².